The summed E-state index contributed by atoms with van der Waals surface area (Å²) < 4.78 is 0. The number of anilines is 1. The van der Waals surface area contributed by atoms with Crippen molar-refractivity contribution >= 4 is 35.8 Å². The van der Waals surface area contributed by atoms with Crippen LogP contribution in [0.1, 0.15) is 54.4 Å². The quantitative estimate of drug-likeness (QED) is 0.697. The molecule has 0 aliphatic carbocycles. The van der Waals surface area contributed by atoms with Crippen LogP contribution in [-0.2, 0) is 16.1 Å². The number of hydrogen-bond donors (Lipinski definition) is 2. The summed E-state index contributed by atoms with van der Waals surface area (Å²) in [6.07, 6.45) is 5.65. The minimum atomic E-state index is -0.550. The van der Waals surface area contributed by atoms with Crippen LogP contribution < -0.4 is 15.5 Å². The summed E-state index contributed by atoms with van der Waals surface area (Å²) in [5.74, 6) is -0.705. The van der Waals surface area contributed by atoms with Crippen LogP contribution in [0, 0.1) is 5.41 Å². The van der Waals surface area contributed by atoms with Crippen LogP contribution in [0.4, 0.5) is 5.69 Å². The van der Waals surface area contributed by atoms with Gasteiger partial charge in [-0.05, 0) is 68.3 Å². The highest BCUT2D eigenvalue weighted by molar-refractivity contribution is 6.05. The molecule has 0 saturated carbocycles. The highest BCUT2D eigenvalue weighted by Crippen LogP contribution is 2.41. The van der Waals surface area contributed by atoms with Crippen molar-refractivity contribution < 1.29 is 14.4 Å². The van der Waals surface area contributed by atoms with Crippen LogP contribution in [0.2, 0.25) is 0 Å². The maximum atomic E-state index is 13.0. The number of amides is 3. The van der Waals surface area contributed by atoms with E-state index in [1.54, 1.807) is 4.90 Å². The Kier molecular flexibility index (Phi) is 5.77. The molecule has 162 valence electrons. The molecule has 2 N–H and O–H groups in total. The Morgan fingerprint density at radius 2 is 1.73 bits per heavy atom. The first-order valence-electron chi connectivity index (χ1n) is 10.8. The van der Waals surface area contributed by atoms with E-state index in [0.717, 1.165) is 37.4 Å². The number of carbonyl (C=O) groups is 3. The molecule has 1 aromatic carbocycles. The van der Waals surface area contributed by atoms with Crippen molar-refractivity contribution in [3.05, 3.63) is 29.3 Å². The molecular formula is C22H29ClN4O3. The highest BCUT2D eigenvalue weighted by Gasteiger charge is 2.40. The van der Waals surface area contributed by atoms with E-state index >= 15 is 0 Å². The van der Waals surface area contributed by atoms with Gasteiger partial charge in [-0.2, -0.15) is 0 Å². The summed E-state index contributed by atoms with van der Waals surface area (Å²) >= 11 is 0. The Morgan fingerprint density at radius 1 is 1.00 bits per heavy atom. The van der Waals surface area contributed by atoms with E-state index in [1.807, 2.05) is 12.1 Å². The Morgan fingerprint density at radius 3 is 2.43 bits per heavy atom. The van der Waals surface area contributed by atoms with Gasteiger partial charge in [0.2, 0.25) is 11.8 Å². The molecule has 3 amide bonds. The molecule has 8 heteroatoms. The predicted octanol–water partition coefficient (Wildman–Crippen LogP) is 1.84. The zero-order chi connectivity index (χ0) is 20.0. The lowest BCUT2D eigenvalue weighted by Gasteiger charge is -2.45. The third-order valence-corrected chi connectivity index (χ3v) is 7.37. The number of halogens is 1. The molecule has 30 heavy (non-hydrogen) atoms. The minimum Gasteiger partial charge on any atom is -0.371 e. The number of rotatable bonds is 2. The van der Waals surface area contributed by atoms with Crippen LogP contribution in [0.15, 0.2) is 18.2 Å². The van der Waals surface area contributed by atoms with Crippen molar-refractivity contribution in [2.24, 2.45) is 5.41 Å². The summed E-state index contributed by atoms with van der Waals surface area (Å²) in [7, 11) is 0. The smallest absolute Gasteiger partial charge is 0.255 e. The fraction of sp³-hybridized carbons (Fsp3) is 0.591. The van der Waals surface area contributed by atoms with Gasteiger partial charge in [-0.15, -0.1) is 12.4 Å². The van der Waals surface area contributed by atoms with E-state index in [0.29, 0.717) is 23.9 Å². The fourth-order valence-electron chi connectivity index (χ4n) is 5.44. The van der Waals surface area contributed by atoms with Crippen molar-refractivity contribution in [1.29, 1.82) is 0 Å². The zero-order valence-electron chi connectivity index (χ0n) is 17.1. The lowest BCUT2D eigenvalue weighted by Crippen LogP contribution is -2.52. The summed E-state index contributed by atoms with van der Waals surface area (Å²) in [5.41, 5.74) is 3.27. The SMILES string of the molecule is Cl.O=C1CCC(N2Cc3ccc(N4CCC5(CCNCC5)CC4)cc3C2=O)C(=O)N1. The molecule has 3 saturated heterocycles. The standard InChI is InChI=1S/C22H28N4O3.ClH/c27-19-4-3-18(20(28)24-19)26-14-15-1-2-16(13-17(15)21(26)29)25-11-7-22(8-12-25)5-9-23-10-6-22;/h1-2,13,18,23H,3-12,14H2,(H,24,27,28);1H. The van der Waals surface area contributed by atoms with E-state index < -0.39 is 6.04 Å². The van der Waals surface area contributed by atoms with Gasteiger partial charge in [0.15, 0.2) is 0 Å². The van der Waals surface area contributed by atoms with Gasteiger partial charge in [-0.1, -0.05) is 6.07 Å². The molecule has 4 aliphatic rings. The van der Waals surface area contributed by atoms with Gasteiger partial charge < -0.3 is 15.1 Å². The minimum absolute atomic E-state index is 0. The maximum Gasteiger partial charge on any atom is 0.255 e. The molecule has 4 aliphatic heterocycles. The Balaban J connectivity index is 0.00000218. The number of fused-ring (bicyclic) bond motifs is 1. The van der Waals surface area contributed by atoms with Crippen molar-refractivity contribution in [2.45, 2.75) is 51.1 Å². The second-order valence-corrected chi connectivity index (χ2v) is 8.98. The molecule has 0 bridgehead atoms. The normalized spacial score (nSPS) is 25.7. The fourth-order valence-corrected chi connectivity index (χ4v) is 5.44. The number of hydrogen-bond acceptors (Lipinski definition) is 5. The van der Waals surface area contributed by atoms with E-state index in [9.17, 15) is 14.4 Å². The molecule has 1 spiro atoms. The Hall–Kier alpha value is -2.12. The summed E-state index contributed by atoms with van der Waals surface area (Å²) in [6, 6.07) is 5.60. The van der Waals surface area contributed by atoms with Crippen molar-refractivity contribution in [3.63, 3.8) is 0 Å². The summed E-state index contributed by atoms with van der Waals surface area (Å²) in [4.78, 5) is 40.7. The van der Waals surface area contributed by atoms with Crippen LogP contribution in [-0.4, -0.2) is 54.8 Å². The van der Waals surface area contributed by atoms with Crippen LogP contribution in [0.5, 0.6) is 0 Å². The van der Waals surface area contributed by atoms with E-state index in [-0.39, 0.29) is 36.5 Å². The Labute approximate surface area is 183 Å². The molecule has 0 radical (unpaired) electrons. The average molecular weight is 433 g/mol. The average Bonchev–Trinajstić information content (AvgIpc) is 3.05. The lowest BCUT2D eigenvalue weighted by atomic mass is 9.71. The number of imide groups is 1. The van der Waals surface area contributed by atoms with E-state index in [2.05, 4.69) is 21.6 Å². The van der Waals surface area contributed by atoms with E-state index in [1.165, 1.54) is 25.7 Å². The van der Waals surface area contributed by atoms with Crippen molar-refractivity contribution in [3.8, 4) is 0 Å². The van der Waals surface area contributed by atoms with Gasteiger partial charge in [0, 0.05) is 37.3 Å². The third kappa shape index (κ3) is 3.69. The Bertz CT molecular complexity index is 858. The molecule has 1 atom stereocenters. The lowest BCUT2D eigenvalue weighted by molar-refractivity contribution is -0.136. The van der Waals surface area contributed by atoms with Gasteiger partial charge in [-0.25, -0.2) is 0 Å². The second kappa shape index (κ2) is 8.19. The molecule has 1 aromatic rings. The molecule has 1 unspecified atom stereocenters. The topological polar surface area (TPSA) is 81.8 Å². The number of piperidine rings is 3. The van der Waals surface area contributed by atoms with E-state index in [4.69, 9.17) is 0 Å². The van der Waals surface area contributed by atoms with Gasteiger partial charge in [0.1, 0.15) is 6.04 Å². The maximum absolute atomic E-state index is 13.0. The number of nitrogens with one attached hydrogen (secondary N) is 2. The van der Waals surface area contributed by atoms with Gasteiger partial charge in [-0.3, -0.25) is 19.7 Å². The molecular weight excluding hydrogens is 404 g/mol. The first-order chi connectivity index (χ1) is 14.0. The number of benzene rings is 1. The molecule has 0 aromatic heterocycles. The van der Waals surface area contributed by atoms with Gasteiger partial charge in [0.05, 0.1) is 0 Å². The summed E-state index contributed by atoms with van der Waals surface area (Å²) in [6.45, 7) is 4.76. The summed E-state index contributed by atoms with van der Waals surface area (Å²) in [5, 5.41) is 5.83. The van der Waals surface area contributed by atoms with Crippen LogP contribution in [0.3, 0.4) is 0 Å². The first-order valence-corrected chi connectivity index (χ1v) is 10.8. The van der Waals surface area contributed by atoms with Gasteiger partial charge in [0.25, 0.3) is 5.91 Å². The third-order valence-electron chi connectivity index (χ3n) is 7.37. The second-order valence-electron chi connectivity index (χ2n) is 8.98. The zero-order valence-corrected chi connectivity index (χ0v) is 17.9. The number of carbonyl (C=O) groups excluding carboxylic acids is 3. The van der Waals surface area contributed by atoms with Crippen LogP contribution in [0.25, 0.3) is 0 Å². The monoisotopic (exact) mass is 432 g/mol. The largest absolute Gasteiger partial charge is 0.371 e. The predicted molar refractivity (Wildman–Crippen MR) is 116 cm³/mol. The molecule has 3 fully saturated rings. The van der Waals surface area contributed by atoms with Crippen molar-refractivity contribution in [1.82, 2.24) is 15.5 Å². The van der Waals surface area contributed by atoms with Gasteiger partial charge >= 0.3 is 0 Å². The number of nitrogens with zero attached hydrogens (tertiary/aromatic N) is 2. The molecule has 7 nitrogen and oxygen atoms in total. The highest BCUT2D eigenvalue weighted by atomic mass is 35.5. The van der Waals surface area contributed by atoms with Crippen LogP contribution >= 0.6 is 12.4 Å². The molecule has 5 rings (SSSR count). The van der Waals surface area contributed by atoms with Crippen molar-refractivity contribution in [2.75, 3.05) is 31.1 Å². The molecule has 4 heterocycles. The first kappa shape index (κ1) is 21.1.